The highest BCUT2D eigenvalue weighted by Crippen LogP contribution is 2.28. The topological polar surface area (TPSA) is 65.5 Å². The minimum atomic E-state index is 0. The van der Waals surface area contributed by atoms with Crippen LogP contribution in [0.1, 0.15) is 25.3 Å². The van der Waals surface area contributed by atoms with Gasteiger partial charge in [0, 0.05) is 25.6 Å². The Morgan fingerprint density at radius 2 is 1.82 bits per heavy atom. The molecule has 0 atom stereocenters. The van der Waals surface area contributed by atoms with E-state index in [-0.39, 0.29) is 35.8 Å². The van der Waals surface area contributed by atoms with Crippen molar-refractivity contribution in [1.82, 2.24) is 16.0 Å². The molecule has 5 nitrogen and oxygen atoms in total. The number of halogens is 1. The van der Waals surface area contributed by atoms with Crippen molar-refractivity contribution in [2.24, 2.45) is 10.9 Å². The minimum Gasteiger partial charge on any atom is -0.357 e. The van der Waals surface area contributed by atoms with Crippen LogP contribution in [0.5, 0.6) is 0 Å². The molecular formula is C16H25IN4O. The Labute approximate surface area is 149 Å². The molecule has 0 aliphatic heterocycles. The van der Waals surface area contributed by atoms with E-state index in [1.54, 1.807) is 0 Å². The Kier molecular flexibility index (Phi) is 8.88. The lowest BCUT2D eigenvalue weighted by Crippen LogP contribution is -2.41. The number of hydrogen-bond acceptors (Lipinski definition) is 2. The lowest BCUT2D eigenvalue weighted by molar-refractivity contribution is -0.122. The summed E-state index contributed by atoms with van der Waals surface area (Å²) in [6.07, 6.45) is 2.08. The fraction of sp³-hybridized carbons (Fsp3) is 0.500. The second kappa shape index (κ2) is 10.4. The second-order valence-electron chi connectivity index (χ2n) is 5.17. The van der Waals surface area contributed by atoms with Crippen LogP contribution in [0.25, 0.3) is 0 Å². The molecule has 6 heteroatoms. The fourth-order valence-corrected chi connectivity index (χ4v) is 1.95. The van der Waals surface area contributed by atoms with E-state index in [1.807, 2.05) is 25.1 Å². The molecule has 2 rings (SSSR count). The average molecular weight is 416 g/mol. The molecular weight excluding hydrogens is 391 g/mol. The van der Waals surface area contributed by atoms with Gasteiger partial charge in [-0.3, -0.25) is 4.79 Å². The van der Waals surface area contributed by atoms with Crippen LogP contribution in [0.2, 0.25) is 0 Å². The van der Waals surface area contributed by atoms with Gasteiger partial charge in [-0.2, -0.15) is 0 Å². The van der Waals surface area contributed by atoms with E-state index in [0.717, 1.165) is 25.3 Å². The molecule has 0 aromatic heterocycles. The number of rotatable bonds is 7. The van der Waals surface area contributed by atoms with Crippen molar-refractivity contribution in [1.29, 1.82) is 0 Å². The maximum atomic E-state index is 11.5. The van der Waals surface area contributed by atoms with Gasteiger partial charge in [0.15, 0.2) is 5.96 Å². The Bertz CT molecular complexity index is 474. The van der Waals surface area contributed by atoms with Crippen LogP contribution in [0.15, 0.2) is 35.3 Å². The predicted molar refractivity (Wildman–Crippen MR) is 100 cm³/mol. The van der Waals surface area contributed by atoms with Gasteiger partial charge in [0.25, 0.3) is 0 Å². The van der Waals surface area contributed by atoms with Crippen molar-refractivity contribution in [2.75, 3.05) is 19.6 Å². The fourth-order valence-electron chi connectivity index (χ4n) is 1.95. The molecule has 1 aliphatic carbocycles. The van der Waals surface area contributed by atoms with Crippen molar-refractivity contribution in [2.45, 2.75) is 26.3 Å². The molecule has 0 unspecified atom stereocenters. The number of amides is 1. The van der Waals surface area contributed by atoms with Crippen molar-refractivity contribution in [3.05, 3.63) is 35.9 Å². The number of aliphatic imine (C=N–C) groups is 1. The summed E-state index contributed by atoms with van der Waals surface area (Å²) in [6.45, 7) is 4.80. The highest BCUT2D eigenvalue weighted by atomic mass is 127. The van der Waals surface area contributed by atoms with E-state index in [1.165, 1.54) is 5.56 Å². The first kappa shape index (κ1) is 18.7. The molecule has 0 saturated heterocycles. The standard InChI is InChI=1S/C16H24N4O.HI/c1-2-17-16(20-12-13-6-4-3-5-7-13)19-11-10-18-15(21)14-8-9-14;/h3-7,14H,2,8-12H2,1H3,(H,18,21)(H2,17,19,20);1H. The summed E-state index contributed by atoms with van der Waals surface area (Å²) in [5.74, 6) is 1.23. The average Bonchev–Trinajstić information content (AvgIpc) is 3.34. The molecule has 1 amide bonds. The Morgan fingerprint density at radius 3 is 2.45 bits per heavy atom. The third-order valence-corrected chi connectivity index (χ3v) is 3.27. The molecule has 3 N–H and O–H groups in total. The maximum Gasteiger partial charge on any atom is 0.223 e. The molecule has 0 bridgehead atoms. The molecule has 22 heavy (non-hydrogen) atoms. The smallest absolute Gasteiger partial charge is 0.223 e. The summed E-state index contributed by atoms with van der Waals surface area (Å²) < 4.78 is 0. The second-order valence-corrected chi connectivity index (χ2v) is 5.17. The molecule has 1 aliphatic rings. The number of carbonyl (C=O) groups is 1. The molecule has 0 radical (unpaired) electrons. The van der Waals surface area contributed by atoms with Crippen LogP contribution in [0, 0.1) is 5.92 Å². The van der Waals surface area contributed by atoms with Gasteiger partial charge in [0.05, 0.1) is 6.54 Å². The van der Waals surface area contributed by atoms with Crippen LogP contribution < -0.4 is 16.0 Å². The van der Waals surface area contributed by atoms with Gasteiger partial charge in [-0.1, -0.05) is 30.3 Å². The quantitative estimate of drug-likeness (QED) is 0.275. The Balaban J connectivity index is 0.00000242. The Hall–Kier alpha value is -1.31. The van der Waals surface area contributed by atoms with E-state index in [2.05, 4.69) is 33.1 Å². The lowest BCUT2D eigenvalue weighted by Gasteiger charge is -2.11. The van der Waals surface area contributed by atoms with Gasteiger partial charge >= 0.3 is 0 Å². The molecule has 1 fully saturated rings. The van der Waals surface area contributed by atoms with Crippen molar-refractivity contribution in [3.8, 4) is 0 Å². The van der Waals surface area contributed by atoms with Crippen molar-refractivity contribution in [3.63, 3.8) is 0 Å². The van der Waals surface area contributed by atoms with E-state index >= 15 is 0 Å². The van der Waals surface area contributed by atoms with Crippen molar-refractivity contribution >= 4 is 35.8 Å². The first-order chi connectivity index (χ1) is 10.3. The largest absolute Gasteiger partial charge is 0.357 e. The number of benzene rings is 1. The van der Waals surface area contributed by atoms with Crippen LogP contribution in [0.3, 0.4) is 0 Å². The molecule has 1 aromatic rings. The van der Waals surface area contributed by atoms with Gasteiger partial charge in [0.1, 0.15) is 0 Å². The highest BCUT2D eigenvalue weighted by molar-refractivity contribution is 14.0. The van der Waals surface area contributed by atoms with E-state index in [4.69, 9.17) is 0 Å². The summed E-state index contributed by atoms with van der Waals surface area (Å²) in [5.41, 5.74) is 1.18. The summed E-state index contributed by atoms with van der Waals surface area (Å²) in [5, 5.41) is 9.36. The summed E-state index contributed by atoms with van der Waals surface area (Å²) in [6, 6.07) is 10.1. The van der Waals surface area contributed by atoms with E-state index in [0.29, 0.717) is 19.6 Å². The number of guanidine groups is 1. The number of carbonyl (C=O) groups excluding carboxylic acids is 1. The van der Waals surface area contributed by atoms with Gasteiger partial charge in [-0.15, -0.1) is 24.0 Å². The SMILES string of the molecule is CCNC(=NCc1ccccc1)NCCNC(=O)C1CC1.I. The maximum absolute atomic E-state index is 11.5. The zero-order valence-corrected chi connectivity index (χ0v) is 15.3. The first-order valence-corrected chi connectivity index (χ1v) is 7.63. The normalized spacial score (nSPS) is 14.0. The minimum absolute atomic E-state index is 0. The molecule has 0 heterocycles. The lowest BCUT2D eigenvalue weighted by atomic mass is 10.2. The van der Waals surface area contributed by atoms with Gasteiger partial charge in [-0.25, -0.2) is 4.99 Å². The number of nitrogens with zero attached hydrogens (tertiary/aromatic N) is 1. The zero-order valence-electron chi connectivity index (χ0n) is 13.0. The van der Waals surface area contributed by atoms with Crippen LogP contribution in [-0.4, -0.2) is 31.5 Å². The van der Waals surface area contributed by atoms with E-state index < -0.39 is 0 Å². The zero-order chi connectivity index (χ0) is 14.9. The van der Waals surface area contributed by atoms with Gasteiger partial charge in [0.2, 0.25) is 5.91 Å². The molecule has 122 valence electrons. The third-order valence-electron chi connectivity index (χ3n) is 3.27. The molecule has 1 aromatic carbocycles. The number of hydrogen-bond donors (Lipinski definition) is 3. The molecule has 0 spiro atoms. The predicted octanol–water partition coefficient (Wildman–Crippen LogP) is 1.89. The monoisotopic (exact) mass is 416 g/mol. The van der Waals surface area contributed by atoms with Crippen molar-refractivity contribution < 1.29 is 4.79 Å². The number of nitrogens with one attached hydrogen (secondary N) is 3. The van der Waals surface area contributed by atoms with E-state index in [9.17, 15) is 4.79 Å². The summed E-state index contributed by atoms with van der Waals surface area (Å²) >= 11 is 0. The van der Waals surface area contributed by atoms with Crippen LogP contribution in [0.4, 0.5) is 0 Å². The highest BCUT2D eigenvalue weighted by Gasteiger charge is 2.28. The summed E-state index contributed by atoms with van der Waals surface area (Å²) in [7, 11) is 0. The first-order valence-electron chi connectivity index (χ1n) is 7.63. The van der Waals surface area contributed by atoms with Crippen LogP contribution in [-0.2, 0) is 11.3 Å². The Morgan fingerprint density at radius 1 is 1.14 bits per heavy atom. The summed E-state index contributed by atoms with van der Waals surface area (Å²) in [4.78, 5) is 16.0. The van der Waals surface area contributed by atoms with Crippen LogP contribution >= 0.6 is 24.0 Å². The van der Waals surface area contributed by atoms with Gasteiger partial charge < -0.3 is 16.0 Å². The molecule has 1 saturated carbocycles. The van der Waals surface area contributed by atoms with Gasteiger partial charge in [-0.05, 0) is 25.3 Å². The third kappa shape index (κ3) is 7.11.